The molecule has 1 amide bonds. The zero-order valence-electron chi connectivity index (χ0n) is 16.2. The topological polar surface area (TPSA) is 88.6 Å². The van der Waals surface area contributed by atoms with E-state index in [0.29, 0.717) is 28.5 Å². The molecule has 0 unspecified atom stereocenters. The van der Waals surface area contributed by atoms with Gasteiger partial charge in [0.1, 0.15) is 17.2 Å². The summed E-state index contributed by atoms with van der Waals surface area (Å²) in [5.74, 6) is 0.886. The van der Waals surface area contributed by atoms with Crippen molar-refractivity contribution >= 4 is 12.1 Å². The molecule has 0 saturated carbocycles. The minimum atomic E-state index is -0.383. The first-order valence-corrected chi connectivity index (χ1v) is 8.70. The monoisotopic (exact) mass is 378 g/mol. The van der Waals surface area contributed by atoms with Crippen molar-refractivity contribution in [2.75, 3.05) is 14.2 Å². The van der Waals surface area contributed by atoms with Gasteiger partial charge in [-0.1, -0.05) is 12.1 Å². The average Bonchev–Trinajstić information content (AvgIpc) is 3.20. The van der Waals surface area contributed by atoms with Gasteiger partial charge in [0.05, 0.1) is 26.1 Å². The number of H-pyrrole nitrogens is 1. The van der Waals surface area contributed by atoms with Crippen LogP contribution in [-0.4, -0.2) is 36.5 Å². The molecular weight excluding hydrogens is 356 g/mol. The van der Waals surface area contributed by atoms with Crippen LogP contribution in [0.1, 0.15) is 27.2 Å². The predicted octanol–water partition coefficient (Wildman–Crippen LogP) is 3.47. The van der Waals surface area contributed by atoms with Crippen LogP contribution in [0.25, 0.3) is 11.3 Å². The standard InChI is InChI=1S/C21H22N4O3/c1-13-5-6-15(9-14(13)2)18-11-19(24-23-18)21(26)25-22-12-16-7-8-17(27-3)10-20(16)28-4/h5-12H,1-4H3,(H,23,24)(H,25,26). The third kappa shape index (κ3) is 4.20. The Hall–Kier alpha value is -3.61. The predicted molar refractivity (Wildman–Crippen MR) is 108 cm³/mol. The molecule has 0 saturated heterocycles. The highest BCUT2D eigenvalue weighted by Crippen LogP contribution is 2.23. The van der Waals surface area contributed by atoms with Gasteiger partial charge in [-0.15, -0.1) is 0 Å². The third-order valence-corrected chi connectivity index (χ3v) is 4.44. The summed E-state index contributed by atoms with van der Waals surface area (Å²) in [7, 11) is 3.14. The summed E-state index contributed by atoms with van der Waals surface area (Å²) in [5.41, 5.74) is 7.55. The smallest absolute Gasteiger partial charge is 0.289 e. The largest absolute Gasteiger partial charge is 0.497 e. The third-order valence-electron chi connectivity index (χ3n) is 4.44. The van der Waals surface area contributed by atoms with Gasteiger partial charge in [0.15, 0.2) is 0 Å². The highest BCUT2D eigenvalue weighted by Gasteiger charge is 2.11. The Morgan fingerprint density at radius 3 is 2.61 bits per heavy atom. The van der Waals surface area contributed by atoms with Crippen molar-refractivity contribution in [2.45, 2.75) is 13.8 Å². The van der Waals surface area contributed by atoms with E-state index in [1.807, 2.05) is 25.1 Å². The van der Waals surface area contributed by atoms with Crippen LogP contribution in [0.5, 0.6) is 11.5 Å². The molecule has 0 aliphatic heterocycles. The number of rotatable bonds is 6. The van der Waals surface area contributed by atoms with Crippen LogP contribution in [0.4, 0.5) is 0 Å². The Morgan fingerprint density at radius 1 is 1.07 bits per heavy atom. The number of hydrazone groups is 1. The minimum absolute atomic E-state index is 0.326. The molecule has 28 heavy (non-hydrogen) atoms. The van der Waals surface area contributed by atoms with Gasteiger partial charge in [-0.25, -0.2) is 5.43 Å². The minimum Gasteiger partial charge on any atom is -0.497 e. The molecule has 2 aromatic carbocycles. The van der Waals surface area contributed by atoms with Crippen molar-refractivity contribution in [3.05, 3.63) is 64.8 Å². The molecule has 0 radical (unpaired) electrons. The molecule has 0 bridgehead atoms. The summed E-state index contributed by atoms with van der Waals surface area (Å²) in [4.78, 5) is 12.3. The number of carbonyl (C=O) groups excluding carboxylic acids is 1. The van der Waals surface area contributed by atoms with Gasteiger partial charge < -0.3 is 9.47 Å². The fraction of sp³-hybridized carbons (Fsp3) is 0.190. The summed E-state index contributed by atoms with van der Waals surface area (Å²) in [5, 5.41) is 11.0. The first-order valence-electron chi connectivity index (χ1n) is 8.70. The molecule has 3 aromatic rings. The maximum Gasteiger partial charge on any atom is 0.289 e. The number of aryl methyl sites for hydroxylation is 2. The van der Waals surface area contributed by atoms with Gasteiger partial charge in [0, 0.05) is 17.2 Å². The summed E-state index contributed by atoms with van der Waals surface area (Å²) in [6.07, 6.45) is 1.51. The van der Waals surface area contributed by atoms with E-state index < -0.39 is 0 Å². The Morgan fingerprint density at radius 2 is 1.89 bits per heavy atom. The lowest BCUT2D eigenvalue weighted by Crippen LogP contribution is -2.18. The molecule has 7 nitrogen and oxygen atoms in total. The number of nitrogens with one attached hydrogen (secondary N) is 2. The van der Waals surface area contributed by atoms with Crippen LogP contribution in [0.2, 0.25) is 0 Å². The molecule has 1 heterocycles. The molecule has 0 aliphatic rings. The lowest BCUT2D eigenvalue weighted by Gasteiger charge is -2.06. The molecule has 7 heteroatoms. The zero-order valence-corrected chi connectivity index (χ0v) is 16.2. The number of hydrogen-bond acceptors (Lipinski definition) is 5. The fourth-order valence-corrected chi connectivity index (χ4v) is 2.63. The number of amides is 1. The summed E-state index contributed by atoms with van der Waals surface area (Å²) >= 11 is 0. The first kappa shape index (κ1) is 19.2. The average molecular weight is 378 g/mol. The number of hydrogen-bond donors (Lipinski definition) is 2. The van der Waals surface area contributed by atoms with Crippen LogP contribution < -0.4 is 14.9 Å². The van der Waals surface area contributed by atoms with E-state index in [4.69, 9.17) is 9.47 Å². The van der Waals surface area contributed by atoms with E-state index in [2.05, 4.69) is 27.6 Å². The summed E-state index contributed by atoms with van der Waals surface area (Å²) < 4.78 is 10.5. The molecule has 0 aliphatic carbocycles. The van der Waals surface area contributed by atoms with Gasteiger partial charge in [0.25, 0.3) is 5.91 Å². The summed E-state index contributed by atoms with van der Waals surface area (Å²) in [6.45, 7) is 4.10. The molecule has 3 rings (SSSR count). The number of methoxy groups -OCH3 is 2. The number of aromatic nitrogens is 2. The Balaban J connectivity index is 1.70. The molecule has 0 fully saturated rings. The van der Waals surface area contributed by atoms with Gasteiger partial charge in [-0.05, 0) is 49.2 Å². The van der Waals surface area contributed by atoms with E-state index in [-0.39, 0.29) is 5.91 Å². The quantitative estimate of drug-likeness (QED) is 0.508. The number of nitrogens with zero attached hydrogens (tertiary/aromatic N) is 2. The van der Waals surface area contributed by atoms with E-state index in [1.165, 1.54) is 17.3 Å². The Kier molecular flexibility index (Phi) is 5.74. The van der Waals surface area contributed by atoms with Crippen molar-refractivity contribution in [3.63, 3.8) is 0 Å². The Bertz CT molecular complexity index is 1020. The highest BCUT2D eigenvalue weighted by molar-refractivity contribution is 5.94. The van der Waals surface area contributed by atoms with Gasteiger partial charge in [-0.3, -0.25) is 9.89 Å². The SMILES string of the molecule is COc1ccc(C=NNC(=O)c2cc(-c3ccc(C)c(C)c3)n[nH]2)c(OC)c1. The number of benzene rings is 2. The second-order valence-corrected chi connectivity index (χ2v) is 6.27. The van der Waals surface area contributed by atoms with E-state index in [1.54, 1.807) is 38.5 Å². The van der Waals surface area contributed by atoms with Gasteiger partial charge >= 0.3 is 0 Å². The lowest BCUT2D eigenvalue weighted by atomic mass is 10.0. The second kappa shape index (κ2) is 8.39. The molecule has 0 atom stereocenters. The lowest BCUT2D eigenvalue weighted by molar-refractivity contribution is 0.0950. The van der Waals surface area contributed by atoms with Crippen molar-refractivity contribution in [1.82, 2.24) is 15.6 Å². The van der Waals surface area contributed by atoms with Gasteiger partial charge in [-0.2, -0.15) is 10.2 Å². The zero-order chi connectivity index (χ0) is 20.1. The molecule has 1 aromatic heterocycles. The van der Waals surface area contributed by atoms with Crippen molar-refractivity contribution in [2.24, 2.45) is 5.10 Å². The number of carbonyl (C=O) groups is 1. The van der Waals surface area contributed by atoms with Crippen LogP contribution in [0, 0.1) is 13.8 Å². The molecule has 0 spiro atoms. The van der Waals surface area contributed by atoms with E-state index in [9.17, 15) is 4.79 Å². The second-order valence-electron chi connectivity index (χ2n) is 6.27. The Labute approximate surface area is 163 Å². The number of aromatic amines is 1. The first-order chi connectivity index (χ1) is 13.5. The fourth-order valence-electron chi connectivity index (χ4n) is 2.63. The normalized spacial score (nSPS) is 10.9. The van der Waals surface area contributed by atoms with Crippen molar-refractivity contribution in [1.29, 1.82) is 0 Å². The van der Waals surface area contributed by atoms with Crippen molar-refractivity contribution in [3.8, 4) is 22.8 Å². The van der Waals surface area contributed by atoms with E-state index in [0.717, 1.165) is 5.56 Å². The van der Waals surface area contributed by atoms with Crippen LogP contribution >= 0.6 is 0 Å². The molecule has 144 valence electrons. The maximum absolute atomic E-state index is 12.3. The highest BCUT2D eigenvalue weighted by atomic mass is 16.5. The van der Waals surface area contributed by atoms with Crippen LogP contribution in [0.15, 0.2) is 47.6 Å². The van der Waals surface area contributed by atoms with Gasteiger partial charge in [0.2, 0.25) is 0 Å². The summed E-state index contributed by atoms with van der Waals surface area (Å²) in [6, 6.07) is 13.1. The van der Waals surface area contributed by atoms with Crippen LogP contribution in [0.3, 0.4) is 0 Å². The maximum atomic E-state index is 12.3. The van der Waals surface area contributed by atoms with Crippen molar-refractivity contribution < 1.29 is 14.3 Å². The number of ether oxygens (including phenoxy) is 2. The van der Waals surface area contributed by atoms with E-state index >= 15 is 0 Å². The molecule has 2 N–H and O–H groups in total. The van der Waals surface area contributed by atoms with Crippen LogP contribution in [-0.2, 0) is 0 Å². The molecular formula is C21H22N4O3.